The Balaban J connectivity index is 1.97. The van der Waals surface area contributed by atoms with E-state index in [-0.39, 0.29) is 11.8 Å². The summed E-state index contributed by atoms with van der Waals surface area (Å²) in [6.45, 7) is 4.90. The van der Waals surface area contributed by atoms with Crippen molar-refractivity contribution in [3.8, 4) is 0 Å². The lowest BCUT2D eigenvalue weighted by molar-refractivity contribution is -0.141. The topological polar surface area (TPSA) is 61.9 Å². The van der Waals surface area contributed by atoms with Crippen molar-refractivity contribution in [3.63, 3.8) is 0 Å². The number of halogens is 3. The van der Waals surface area contributed by atoms with Gasteiger partial charge in [0.05, 0.1) is 0 Å². The van der Waals surface area contributed by atoms with Gasteiger partial charge in [0.2, 0.25) is 5.95 Å². The maximum Gasteiger partial charge on any atom is 0.433 e. The second-order valence-corrected chi connectivity index (χ2v) is 5.40. The molecular formula is C14H22F3N5. The van der Waals surface area contributed by atoms with Gasteiger partial charge in [0.15, 0.2) is 5.69 Å². The number of anilines is 2. The Bertz CT molecular complexity index is 472. The first-order valence-corrected chi connectivity index (χ1v) is 7.63. The molecule has 1 aromatic heterocycles. The van der Waals surface area contributed by atoms with Gasteiger partial charge in [-0.2, -0.15) is 18.2 Å². The zero-order valence-corrected chi connectivity index (χ0v) is 12.6. The van der Waals surface area contributed by atoms with Crippen molar-refractivity contribution in [2.24, 2.45) is 5.92 Å². The van der Waals surface area contributed by atoms with Gasteiger partial charge in [-0.1, -0.05) is 0 Å². The first-order valence-electron chi connectivity index (χ1n) is 7.63. The van der Waals surface area contributed by atoms with Gasteiger partial charge in [0.25, 0.3) is 0 Å². The van der Waals surface area contributed by atoms with Crippen LogP contribution in [0.5, 0.6) is 0 Å². The molecule has 0 saturated carbocycles. The molecule has 0 spiro atoms. The zero-order chi connectivity index (χ0) is 16.0. The van der Waals surface area contributed by atoms with Crippen molar-refractivity contribution in [1.82, 2.24) is 15.3 Å². The van der Waals surface area contributed by atoms with Gasteiger partial charge in [-0.05, 0) is 45.2 Å². The molecule has 0 unspecified atom stereocenters. The van der Waals surface area contributed by atoms with Crippen molar-refractivity contribution in [2.75, 3.05) is 36.8 Å². The van der Waals surface area contributed by atoms with Crippen LogP contribution in [0.3, 0.4) is 0 Å². The molecule has 0 aliphatic carbocycles. The number of piperidine rings is 1. The van der Waals surface area contributed by atoms with Gasteiger partial charge in [-0.15, -0.1) is 0 Å². The van der Waals surface area contributed by atoms with E-state index in [9.17, 15) is 13.2 Å². The van der Waals surface area contributed by atoms with Crippen molar-refractivity contribution in [1.29, 1.82) is 0 Å². The highest BCUT2D eigenvalue weighted by Crippen LogP contribution is 2.29. The minimum Gasteiger partial charge on any atom is -0.370 e. The summed E-state index contributed by atoms with van der Waals surface area (Å²) in [6, 6.07) is 0.962. The quantitative estimate of drug-likeness (QED) is 0.753. The van der Waals surface area contributed by atoms with Crippen LogP contribution in [0.4, 0.5) is 24.9 Å². The molecular weight excluding hydrogens is 295 g/mol. The highest BCUT2D eigenvalue weighted by molar-refractivity contribution is 5.43. The number of hydrogen-bond donors (Lipinski definition) is 3. The smallest absolute Gasteiger partial charge is 0.370 e. The van der Waals surface area contributed by atoms with Crippen LogP contribution in [0.15, 0.2) is 6.07 Å². The molecule has 0 radical (unpaired) electrons. The molecule has 2 rings (SSSR count). The van der Waals surface area contributed by atoms with E-state index in [1.807, 2.05) is 0 Å². The first-order chi connectivity index (χ1) is 10.5. The van der Waals surface area contributed by atoms with Crippen molar-refractivity contribution < 1.29 is 13.2 Å². The third-order valence-corrected chi connectivity index (χ3v) is 3.67. The molecule has 5 nitrogen and oxygen atoms in total. The van der Waals surface area contributed by atoms with Crippen LogP contribution in [0.2, 0.25) is 0 Å². The first kappa shape index (κ1) is 16.8. The van der Waals surface area contributed by atoms with Crippen LogP contribution in [0, 0.1) is 5.92 Å². The molecule has 1 fully saturated rings. The van der Waals surface area contributed by atoms with Gasteiger partial charge in [-0.3, -0.25) is 0 Å². The molecule has 2 heterocycles. The van der Waals surface area contributed by atoms with Gasteiger partial charge in [0.1, 0.15) is 5.82 Å². The van der Waals surface area contributed by atoms with E-state index in [4.69, 9.17) is 0 Å². The minimum atomic E-state index is -4.47. The van der Waals surface area contributed by atoms with Gasteiger partial charge in [-0.25, -0.2) is 4.98 Å². The minimum absolute atomic E-state index is 0.00157. The van der Waals surface area contributed by atoms with Crippen LogP contribution in [-0.2, 0) is 6.18 Å². The number of nitrogens with one attached hydrogen (secondary N) is 3. The van der Waals surface area contributed by atoms with Crippen LogP contribution in [0.1, 0.15) is 31.9 Å². The maximum atomic E-state index is 12.8. The van der Waals surface area contributed by atoms with Crippen LogP contribution in [-0.4, -0.2) is 36.1 Å². The number of aromatic nitrogens is 2. The predicted molar refractivity (Wildman–Crippen MR) is 79.9 cm³/mol. The molecule has 1 aliphatic rings. The summed E-state index contributed by atoms with van der Waals surface area (Å²) in [7, 11) is 0. The van der Waals surface area contributed by atoms with Crippen molar-refractivity contribution in [2.45, 2.75) is 32.4 Å². The molecule has 1 aromatic rings. The normalized spacial score (nSPS) is 16.5. The lowest BCUT2D eigenvalue weighted by atomic mass is 9.95. The highest BCUT2D eigenvalue weighted by Gasteiger charge is 2.33. The SMILES string of the molecule is CCNc1nc(NCCC2CCNCC2)cc(C(F)(F)F)n1. The molecule has 0 bridgehead atoms. The highest BCUT2D eigenvalue weighted by atomic mass is 19.4. The second-order valence-electron chi connectivity index (χ2n) is 5.40. The van der Waals surface area contributed by atoms with Crippen LogP contribution in [0.25, 0.3) is 0 Å². The molecule has 3 N–H and O–H groups in total. The Kier molecular flexibility index (Phi) is 5.82. The molecule has 0 atom stereocenters. The molecule has 124 valence electrons. The molecule has 1 saturated heterocycles. The summed E-state index contributed by atoms with van der Waals surface area (Å²) >= 11 is 0. The fourth-order valence-corrected chi connectivity index (χ4v) is 2.49. The summed E-state index contributed by atoms with van der Waals surface area (Å²) in [5.74, 6) is 0.833. The Hall–Kier alpha value is -1.57. The zero-order valence-electron chi connectivity index (χ0n) is 12.6. The van der Waals surface area contributed by atoms with E-state index in [1.165, 1.54) is 0 Å². The van der Waals surface area contributed by atoms with Crippen molar-refractivity contribution in [3.05, 3.63) is 11.8 Å². The summed E-state index contributed by atoms with van der Waals surface area (Å²) in [6.07, 6.45) is -1.31. The van der Waals surface area contributed by atoms with E-state index >= 15 is 0 Å². The van der Waals surface area contributed by atoms with E-state index in [0.717, 1.165) is 38.4 Å². The number of rotatable bonds is 6. The fourth-order valence-electron chi connectivity index (χ4n) is 2.49. The van der Waals surface area contributed by atoms with E-state index in [0.29, 0.717) is 19.0 Å². The Morgan fingerprint density at radius 2 is 1.95 bits per heavy atom. The standard InChI is InChI=1S/C14H22F3N5/c1-2-19-13-21-11(14(15,16)17)9-12(22-13)20-8-5-10-3-6-18-7-4-10/h9-10,18H,2-8H2,1H3,(H2,19,20,21,22). The average Bonchev–Trinajstić information content (AvgIpc) is 2.48. The summed E-state index contributed by atoms with van der Waals surface area (Å²) in [5, 5.41) is 9.02. The van der Waals surface area contributed by atoms with Gasteiger partial charge < -0.3 is 16.0 Å². The largest absolute Gasteiger partial charge is 0.433 e. The molecule has 0 amide bonds. The predicted octanol–water partition coefficient (Wildman–Crippen LogP) is 2.73. The van der Waals surface area contributed by atoms with Crippen molar-refractivity contribution >= 4 is 11.8 Å². The Morgan fingerprint density at radius 1 is 1.23 bits per heavy atom. The molecule has 22 heavy (non-hydrogen) atoms. The monoisotopic (exact) mass is 317 g/mol. The van der Waals surface area contributed by atoms with E-state index < -0.39 is 11.9 Å². The number of hydrogen-bond acceptors (Lipinski definition) is 5. The Morgan fingerprint density at radius 3 is 2.59 bits per heavy atom. The van der Waals surface area contributed by atoms with Gasteiger partial charge in [0, 0.05) is 19.2 Å². The molecule has 0 aromatic carbocycles. The second kappa shape index (κ2) is 7.62. The lowest BCUT2D eigenvalue weighted by Gasteiger charge is -2.22. The maximum absolute atomic E-state index is 12.8. The third-order valence-electron chi connectivity index (χ3n) is 3.67. The number of nitrogens with zero attached hydrogens (tertiary/aromatic N) is 2. The fraction of sp³-hybridized carbons (Fsp3) is 0.714. The lowest BCUT2D eigenvalue weighted by Crippen LogP contribution is -2.28. The summed E-state index contributed by atoms with van der Waals surface area (Å²) < 4.78 is 38.5. The third kappa shape index (κ3) is 5.01. The van der Waals surface area contributed by atoms with E-state index in [1.54, 1.807) is 6.92 Å². The van der Waals surface area contributed by atoms with Gasteiger partial charge >= 0.3 is 6.18 Å². The Labute approximate surface area is 128 Å². The summed E-state index contributed by atoms with van der Waals surface area (Å²) in [4.78, 5) is 7.57. The number of alkyl halides is 3. The summed E-state index contributed by atoms with van der Waals surface area (Å²) in [5.41, 5.74) is -0.928. The van der Waals surface area contributed by atoms with E-state index in [2.05, 4.69) is 25.9 Å². The average molecular weight is 317 g/mol. The molecule has 8 heteroatoms. The van der Waals surface area contributed by atoms with Crippen LogP contribution >= 0.6 is 0 Å². The van der Waals surface area contributed by atoms with Crippen LogP contribution < -0.4 is 16.0 Å². The molecule has 1 aliphatic heterocycles.